The van der Waals surface area contributed by atoms with Crippen molar-refractivity contribution in [3.05, 3.63) is 34.3 Å². The molecule has 0 aliphatic carbocycles. The van der Waals surface area contributed by atoms with Crippen LogP contribution in [-0.2, 0) is 11.3 Å². The Morgan fingerprint density at radius 1 is 1.54 bits per heavy atom. The zero-order valence-electron chi connectivity index (χ0n) is 7.46. The average molecular weight is 198 g/mol. The van der Waals surface area contributed by atoms with E-state index in [4.69, 9.17) is 22.1 Å². The smallest absolute Gasteiger partial charge is 0.0744 e. The van der Waals surface area contributed by atoms with Crippen LogP contribution >= 0.6 is 11.6 Å². The van der Waals surface area contributed by atoms with Crippen molar-refractivity contribution >= 4 is 11.6 Å². The molecule has 13 heavy (non-hydrogen) atoms. The standard InChI is InChI=1S/C10H12ClNO/c1-6-10(12)9-3-2-8(11)4-7(9)5-13-6/h2-4,6,10H,5,12H2,1H3/t6-,10+/m0/s1. The summed E-state index contributed by atoms with van der Waals surface area (Å²) in [6, 6.07) is 5.75. The molecule has 2 rings (SSSR count). The highest BCUT2D eigenvalue weighted by atomic mass is 35.5. The monoisotopic (exact) mass is 197 g/mol. The first-order chi connectivity index (χ1) is 6.18. The molecule has 2 atom stereocenters. The van der Waals surface area contributed by atoms with Gasteiger partial charge in [0, 0.05) is 5.02 Å². The summed E-state index contributed by atoms with van der Waals surface area (Å²) in [5.74, 6) is 0. The van der Waals surface area contributed by atoms with Gasteiger partial charge in [0.2, 0.25) is 0 Å². The topological polar surface area (TPSA) is 35.2 Å². The van der Waals surface area contributed by atoms with Gasteiger partial charge >= 0.3 is 0 Å². The van der Waals surface area contributed by atoms with Crippen LogP contribution in [0.1, 0.15) is 24.1 Å². The number of benzene rings is 1. The molecule has 0 fully saturated rings. The number of ether oxygens (including phenoxy) is 1. The van der Waals surface area contributed by atoms with E-state index in [0.29, 0.717) is 6.61 Å². The van der Waals surface area contributed by atoms with Gasteiger partial charge in [-0.2, -0.15) is 0 Å². The van der Waals surface area contributed by atoms with Crippen molar-refractivity contribution in [1.82, 2.24) is 0 Å². The predicted molar refractivity (Wildman–Crippen MR) is 52.6 cm³/mol. The molecule has 0 radical (unpaired) electrons. The minimum absolute atomic E-state index is 0.0268. The van der Waals surface area contributed by atoms with Crippen molar-refractivity contribution in [3.8, 4) is 0 Å². The average Bonchev–Trinajstić information content (AvgIpc) is 2.12. The first kappa shape index (κ1) is 9.00. The molecule has 0 saturated heterocycles. The molecule has 1 aliphatic heterocycles. The third-order valence-electron chi connectivity index (χ3n) is 2.47. The molecular weight excluding hydrogens is 186 g/mol. The number of halogens is 1. The molecular formula is C10H12ClNO. The Morgan fingerprint density at radius 3 is 3.08 bits per heavy atom. The van der Waals surface area contributed by atoms with Gasteiger partial charge in [-0.3, -0.25) is 0 Å². The Hall–Kier alpha value is -0.570. The Balaban J connectivity index is 2.44. The molecule has 1 aromatic rings. The Kier molecular flexibility index (Phi) is 2.28. The van der Waals surface area contributed by atoms with Crippen LogP contribution in [0.4, 0.5) is 0 Å². The molecule has 1 aliphatic rings. The fraction of sp³-hybridized carbons (Fsp3) is 0.400. The van der Waals surface area contributed by atoms with Gasteiger partial charge in [-0.1, -0.05) is 17.7 Å². The van der Waals surface area contributed by atoms with Crippen molar-refractivity contribution in [2.45, 2.75) is 25.7 Å². The van der Waals surface area contributed by atoms with E-state index >= 15 is 0 Å². The van der Waals surface area contributed by atoms with Gasteiger partial charge in [-0.05, 0) is 30.2 Å². The van der Waals surface area contributed by atoms with Crippen molar-refractivity contribution in [2.24, 2.45) is 5.73 Å². The molecule has 0 saturated carbocycles. The number of hydrogen-bond acceptors (Lipinski definition) is 2. The summed E-state index contributed by atoms with van der Waals surface area (Å²) in [5, 5.41) is 0.740. The lowest BCUT2D eigenvalue weighted by Crippen LogP contribution is -2.31. The maximum Gasteiger partial charge on any atom is 0.0744 e. The minimum atomic E-state index is -0.0268. The van der Waals surface area contributed by atoms with E-state index in [9.17, 15) is 0 Å². The second-order valence-corrected chi connectivity index (χ2v) is 3.82. The highest BCUT2D eigenvalue weighted by molar-refractivity contribution is 6.30. The molecule has 2 nitrogen and oxygen atoms in total. The lowest BCUT2D eigenvalue weighted by Gasteiger charge is -2.28. The van der Waals surface area contributed by atoms with E-state index in [1.54, 1.807) is 0 Å². The van der Waals surface area contributed by atoms with Gasteiger partial charge in [-0.25, -0.2) is 0 Å². The van der Waals surface area contributed by atoms with Crippen molar-refractivity contribution in [2.75, 3.05) is 0 Å². The molecule has 0 bridgehead atoms. The van der Waals surface area contributed by atoms with E-state index in [-0.39, 0.29) is 12.1 Å². The molecule has 1 aromatic carbocycles. The Morgan fingerprint density at radius 2 is 2.31 bits per heavy atom. The molecule has 0 amide bonds. The van der Waals surface area contributed by atoms with Crippen molar-refractivity contribution in [1.29, 1.82) is 0 Å². The van der Waals surface area contributed by atoms with E-state index in [1.165, 1.54) is 0 Å². The summed E-state index contributed by atoms with van der Waals surface area (Å²) in [6.45, 7) is 2.60. The van der Waals surface area contributed by atoms with Gasteiger partial charge in [0.25, 0.3) is 0 Å². The normalized spacial score (nSPS) is 27.0. The van der Waals surface area contributed by atoms with E-state index in [0.717, 1.165) is 16.1 Å². The van der Waals surface area contributed by atoms with Crippen LogP contribution in [-0.4, -0.2) is 6.10 Å². The van der Waals surface area contributed by atoms with Crippen LogP contribution in [0.2, 0.25) is 5.02 Å². The van der Waals surface area contributed by atoms with Crippen LogP contribution in [0.15, 0.2) is 18.2 Å². The van der Waals surface area contributed by atoms with Gasteiger partial charge in [-0.15, -0.1) is 0 Å². The highest BCUT2D eigenvalue weighted by Gasteiger charge is 2.23. The fourth-order valence-corrected chi connectivity index (χ4v) is 1.80. The lowest BCUT2D eigenvalue weighted by molar-refractivity contribution is 0.0214. The SMILES string of the molecule is C[C@@H]1OCc2cc(Cl)ccc2[C@@H]1N. The zero-order chi connectivity index (χ0) is 9.42. The first-order valence-electron chi connectivity index (χ1n) is 4.34. The number of fused-ring (bicyclic) bond motifs is 1. The molecule has 0 aromatic heterocycles. The highest BCUT2D eigenvalue weighted by Crippen LogP contribution is 2.29. The van der Waals surface area contributed by atoms with Gasteiger partial charge in [0.15, 0.2) is 0 Å². The Bertz CT molecular complexity index is 327. The summed E-state index contributed by atoms with van der Waals surface area (Å²) in [4.78, 5) is 0. The Labute approximate surface area is 82.6 Å². The second kappa shape index (κ2) is 3.29. The predicted octanol–water partition coefficient (Wildman–Crippen LogP) is 2.26. The summed E-state index contributed by atoms with van der Waals surface area (Å²) >= 11 is 5.86. The maximum absolute atomic E-state index is 5.97. The number of hydrogen-bond donors (Lipinski definition) is 1. The van der Waals surface area contributed by atoms with Gasteiger partial charge in [0.1, 0.15) is 0 Å². The number of rotatable bonds is 0. The minimum Gasteiger partial charge on any atom is -0.372 e. The molecule has 1 heterocycles. The number of nitrogens with two attached hydrogens (primary N) is 1. The van der Waals surface area contributed by atoms with E-state index in [2.05, 4.69) is 0 Å². The molecule has 2 N–H and O–H groups in total. The largest absolute Gasteiger partial charge is 0.372 e. The summed E-state index contributed by atoms with van der Waals surface area (Å²) in [7, 11) is 0. The van der Waals surface area contributed by atoms with Crippen molar-refractivity contribution < 1.29 is 4.74 Å². The zero-order valence-corrected chi connectivity index (χ0v) is 8.21. The molecule has 70 valence electrons. The summed E-state index contributed by atoms with van der Waals surface area (Å²) in [6.07, 6.45) is 0.0914. The van der Waals surface area contributed by atoms with Crippen LogP contribution in [0.25, 0.3) is 0 Å². The quantitative estimate of drug-likeness (QED) is 0.693. The lowest BCUT2D eigenvalue weighted by atomic mass is 9.95. The van der Waals surface area contributed by atoms with E-state index in [1.807, 2.05) is 25.1 Å². The fourth-order valence-electron chi connectivity index (χ4n) is 1.60. The maximum atomic E-state index is 5.97. The van der Waals surface area contributed by atoms with Crippen LogP contribution in [0, 0.1) is 0 Å². The van der Waals surface area contributed by atoms with Gasteiger partial charge < -0.3 is 10.5 Å². The summed E-state index contributed by atoms with van der Waals surface area (Å²) < 4.78 is 5.49. The van der Waals surface area contributed by atoms with Crippen LogP contribution in [0.3, 0.4) is 0 Å². The van der Waals surface area contributed by atoms with Gasteiger partial charge in [0.05, 0.1) is 18.8 Å². The van der Waals surface area contributed by atoms with E-state index < -0.39 is 0 Å². The molecule has 0 unspecified atom stereocenters. The van der Waals surface area contributed by atoms with Crippen molar-refractivity contribution in [3.63, 3.8) is 0 Å². The third kappa shape index (κ3) is 1.57. The van der Waals surface area contributed by atoms with Crippen LogP contribution in [0.5, 0.6) is 0 Å². The summed E-state index contributed by atoms with van der Waals surface area (Å²) in [5.41, 5.74) is 8.24. The first-order valence-corrected chi connectivity index (χ1v) is 4.72. The second-order valence-electron chi connectivity index (χ2n) is 3.39. The van der Waals surface area contributed by atoms with Crippen LogP contribution < -0.4 is 5.73 Å². The third-order valence-corrected chi connectivity index (χ3v) is 2.71. The molecule has 0 spiro atoms. The molecule has 3 heteroatoms.